The maximum absolute atomic E-state index is 5.43. The van der Waals surface area contributed by atoms with E-state index in [2.05, 4.69) is 42.6 Å². The van der Waals surface area contributed by atoms with Crippen LogP contribution in [0.2, 0.25) is 0 Å². The lowest BCUT2D eigenvalue weighted by Crippen LogP contribution is -2.35. The van der Waals surface area contributed by atoms with Crippen LogP contribution in [0.4, 0.5) is 0 Å². The Balaban J connectivity index is 2.64. The van der Waals surface area contributed by atoms with E-state index < -0.39 is 0 Å². The molecule has 0 aliphatic heterocycles. The Hall–Kier alpha value is 0.0400. The Labute approximate surface area is 97.0 Å². The van der Waals surface area contributed by atoms with Crippen LogP contribution in [0.1, 0.15) is 46.5 Å². The van der Waals surface area contributed by atoms with E-state index in [1.165, 1.54) is 19.3 Å². The van der Waals surface area contributed by atoms with Crippen molar-refractivity contribution in [2.24, 2.45) is 17.3 Å². The summed E-state index contributed by atoms with van der Waals surface area (Å²) in [5.74, 6) is 4.43. The van der Waals surface area contributed by atoms with Crippen molar-refractivity contribution in [3.8, 4) is 12.3 Å². The minimum atomic E-state index is 0.295. The summed E-state index contributed by atoms with van der Waals surface area (Å²) in [6.07, 6.45) is 10.3. The van der Waals surface area contributed by atoms with Crippen LogP contribution in [-0.2, 0) is 0 Å². The normalized spacial score (nSPS) is 33.8. The van der Waals surface area contributed by atoms with Crippen molar-refractivity contribution < 1.29 is 0 Å². The van der Waals surface area contributed by atoms with Crippen LogP contribution in [0.15, 0.2) is 0 Å². The van der Waals surface area contributed by atoms with E-state index in [9.17, 15) is 0 Å². The summed E-state index contributed by atoms with van der Waals surface area (Å²) in [5, 5.41) is 0. The molecule has 0 saturated heterocycles. The Morgan fingerprint density at radius 2 is 2.07 bits per heavy atom. The largest absolute Gasteiger partial charge is 0.120 e. The van der Waals surface area contributed by atoms with Gasteiger partial charge in [-0.15, -0.1) is 12.3 Å². The summed E-state index contributed by atoms with van der Waals surface area (Å²) in [5.41, 5.74) is 0.295. The van der Waals surface area contributed by atoms with Gasteiger partial charge in [0.1, 0.15) is 0 Å². The molecule has 3 unspecified atom stereocenters. The lowest BCUT2D eigenvalue weighted by atomic mass is 9.67. The van der Waals surface area contributed by atoms with Gasteiger partial charge in [-0.3, -0.25) is 0 Å². The van der Waals surface area contributed by atoms with Crippen molar-refractivity contribution in [1.82, 2.24) is 0 Å². The second-order valence-electron chi connectivity index (χ2n) is 5.41. The maximum atomic E-state index is 5.43. The minimum absolute atomic E-state index is 0.295. The zero-order valence-electron chi connectivity index (χ0n) is 9.52. The Bertz CT molecular complexity index is 224. The van der Waals surface area contributed by atoms with Gasteiger partial charge in [-0.1, -0.05) is 43.1 Å². The van der Waals surface area contributed by atoms with Crippen LogP contribution in [0.3, 0.4) is 0 Å². The van der Waals surface area contributed by atoms with Gasteiger partial charge in [0, 0.05) is 11.2 Å². The van der Waals surface area contributed by atoms with E-state index >= 15 is 0 Å². The Morgan fingerprint density at radius 1 is 1.43 bits per heavy atom. The minimum Gasteiger partial charge on any atom is -0.120 e. The van der Waals surface area contributed by atoms with E-state index in [-0.39, 0.29) is 0 Å². The zero-order chi connectivity index (χ0) is 10.8. The smallest absolute Gasteiger partial charge is 0.0182 e. The summed E-state index contributed by atoms with van der Waals surface area (Å²) in [6.45, 7) is 6.96. The first kappa shape index (κ1) is 12.1. The fraction of sp³-hybridized carbons (Fsp3) is 0.846. The van der Waals surface area contributed by atoms with Crippen molar-refractivity contribution >= 4 is 15.9 Å². The standard InChI is InChI=1S/C13H21Br/c1-5-8-13(3,4)11-7-6-10(2)9-12(11)14/h1,10-12H,6-9H2,2-4H3. The van der Waals surface area contributed by atoms with Crippen LogP contribution in [0.5, 0.6) is 0 Å². The molecular weight excluding hydrogens is 236 g/mol. The number of hydrogen-bond acceptors (Lipinski definition) is 0. The van der Waals surface area contributed by atoms with Crippen LogP contribution in [-0.4, -0.2) is 4.83 Å². The topological polar surface area (TPSA) is 0 Å². The highest BCUT2D eigenvalue weighted by molar-refractivity contribution is 9.09. The number of hydrogen-bond donors (Lipinski definition) is 0. The number of halogens is 1. The summed E-state index contributed by atoms with van der Waals surface area (Å²) < 4.78 is 0. The van der Waals surface area contributed by atoms with Crippen LogP contribution < -0.4 is 0 Å². The molecule has 1 fully saturated rings. The first-order valence-electron chi connectivity index (χ1n) is 5.55. The molecule has 1 heteroatoms. The van der Waals surface area contributed by atoms with Gasteiger partial charge in [0.05, 0.1) is 0 Å². The second kappa shape index (κ2) is 4.71. The molecule has 1 aliphatic carbocycles. The molecule has 1 saturated carbocycles. The van der Waals surface area contributed by atoms with Crippen molar-refractivity contribution in [3.05, 3.63) is 0 Å². The molecule has 0 N–H and O–H groups in total. The van der Waals surface area contributed by atoms with Crippen LogP contribution in [0, 0.1) is 29.6 Å². The first-order chi connectivity index (χ1) is 6.47. The van der Waals surface area contributed by atoms with E-state index in [1.807, 2.05) is 0 Å². The summed E-state index contributed by atoms with van der Waals surface area (Å²) >= 11 is 3.83. The molecule has 0 aromatic heterocycles. The van der Waals surface area contributed by atoms with E-state index in [4.69, 9.17) is 6.42 Å². The highest BCUT2D eigenvalue weighted by atomic mass is 79.9. The molecule has 0 spiro atoms. The van der Waals surface area contributed by atoms with Crippen molar-refractivity contribution in [1.29, 1.82) is 0 Å². The molecule has 0 radical (unpaired) electrons. The van der Waals surface area contributed by atoms with Crippen LogP contribution >= 0.6 is 15.9 Å². The van der Waals surface area contributed by atoms with Gasteiger partial charge in [-0.25, -0.2) is 0 Å². The lowest BCUT2D eigenvalue weighted by Gasteiger charge is -2.41. The van der Waals surface area contributed by atoms with Crippen molar-refractivity contribution in [2.45, 2.75) is 51.3 Å². The quantitative estimate of drug-likeness (QED) is 0.513. The van der Waals surface area contributed by atoms with Gasteiger partial charge in [-0.05, 0) is 30.1 Å². The summed E-state index contributed by atoms with van der Waals surface area (Å²) in [6, 6.07) is 0. The summed E-state index contributed by atoms with van der Waals surface area (Å²) in [4.78, 5) is 0.662. The van der Waals surface area contributed by atoms with Gasteiger partial charge in [0.2, 0.25) is 0 Å². The number of rotatable bonds is 2. The molecular formula is C13H21Br. The van der Waals surface area contributed by atoms with E-state index in [0.717, 1.165) is 18.3 Å². The lowest BCUT2D eigenvalue weighted by molar-refractivity contribution is 0.152. The van der Waals surface area contributed by atoms with Gasteiger partial charge >= 0.3 is 0 Å². The predicted molar refractivity (Wildman–Crippen MR) is 66.5 cm³/mol. The average Bonchev–Trinajstić information content (AvgIpc) is 2.02. The SMILES string of the molecule is C#CCC(C)(C)C1CCC(C)CC1Br. The predicted octanol–water partition coefficient (Wildman–Crippen LogP) is 4.24. The van der Waals surface area contributed by atoms with E-state index in [0.29, 0.717) is 10.2 Å². The van der Waals surface area contributed by atoms with Gasteiger partial charge < -0.3 is 0 Å². The number of alkyl halides is 1. The molecule has 0 aromatic rings. The molecule has 1 rings (SSSR count). The molecule has 14 heavy (non-hydrogen) atoms. The molecule has 1 aliphatic rings. The third kappa shape index (κ3) is 2.76. The zero-order valence-corrected chi connectivity index (χ0v) is 11.1. The third-order valence-electron chi connectivity index (χ3n) is 3.60. The fourth-order valence-electron chi connectivity index (χ4n) is 2.59. The maximum Gasteiger partial charge on any atom is 0.0182 e. The highest BCUT2D eigenvalue weighted by Crippen LogP contribution is 2.44. The number of terminal acetylenes is 1. The highest BCUT2D eigenvalue weighted by Gasteiger charge is 2.37. The first-order valence-corrected chi connectivity index (χ1v) is 6.46. The average molecular weight is 257 g/mol. The molecule has 80 valence electrons. The van der Waals surface area contributed by atoms with Gasteiger partial charge in [0.15, 0.2) is 0 Å². The molecule has 0 aromatic carbocycles. The monoisotopic (exact) mass is 256 g/mol. The molecule has 3 atom stereocenters. The van der Waals surface area contributed by atoms with Crippen molar-refractivity contribution in [2.75, 3.05) is 0 Å². The van der Waals surface area contributed by atoms with E-state index in [1.54, 1.807) is 0 Å². The second-order valence-corrected chi connectivity index (χ2v) is 6.59. The van der Waals surface area contributed by atoms with Crippen LogP contribution in [0.25, 0.3) is 0 Å². The Kier molecular flexibility index (Phi) is 4.07. The fourth-order valence-corrected chi connectivity index (χ4v) is 4.20. The Morgan fingerprint density at radius 3 is 2.57 bits per heavy atom. The summed E-state index contributed by atoms with van der Waals surface area (Å²) in [7, 11) is 0. The molecule has 0 nitrogen and oxygen atoms in total. The molecule has 0 bridgehead atoms. The van der Waals surface area contributed by atoms with Gasteiger partial charge in [0.25, 0.3) is 0 Å². The molecule has 0 amide bonds. The van der Waals surface area contributed by atoms with Gasteiger partial charge in [-0.2, -0.15) is 0 Å². The van der Waals surface area contributed by atoms with Crippen molar-refractivity contribution in [3.63, 3.8) is 0 Å². The third-order valence-corrected chi connectivity index (χ3v) is 4.61. The molecule has 0 heterocycles.